The van der Waals surface area contributed by atoms with E-state index in [0.29, 0.717) is 11.6 Å². The van der Waals surface area contributed by atoms with Gasteiger partial charge in [0, 0.05) is 18.2 Å². The third-order valence-electron chi connectivity index (χ3n) is 3.14. The lowest BCUT2D eigenvalue weighted by Gasteiger charge is -2.24. The SMILES string of the molecule is CCC(C)N(C)Cc1ccc(F)cc1C#CCO. The smallest absolute Gasteiger partial charge is 0.124 e. The van der Waals surface area contributed by atoms with Gasteiger partial charge in [-0.3, -0.25) is 4.90 Å². The molecule has 1 aromatic carbocycles. The summed E-state index contributed by atoms with van der Waals surface area (Å²) in [6.45, 7) is 4.81. The van der Waals surface area contributed by atoms with E-state index in [1.165, 1.54) is 12.1 Å². The van der Waals surface area contributed by atoms with Gasteiger partial charge in [0.05, 0.1) is 0 Å². The molecule has 2 nitrogen and oxygen atoms in total. The normalized spacial score (nSPS) is 12.1. The second-order valence-corrected chi connectivity index (χ2v) is 4.43. The predicted molar refractivity (Wildman–Crippen MR) is 71.6 cm³/mol. The highest BCUT2D eigenvalue weighted by Gasteiger charge is 2.10. The molecule has 0 spiro atoms. The highest BCUT2D eigenvalue weighted by molar-refractivity contribution is 5.41. The summed E-state index contributed by atoms with van der Waals surface area (Å²) in [6.07, 6.45) is 1.06. The number of aliphatic hydroxyl groups excluding tert-OH is 1. The minimum atomic E-state index is -0.299. The Labute approximate surface area is 108 Å². The molecule has 0 bridgehead atoms. The number of hydrogen-bond acceptors (Lipinski definition) is 2. The van der Waals surface area contributed by atoms with Gasteiger partial charge in [-0.15, -0.1) is 0 Å². The number of benzene rings is 1. The van der Waals surface area contributed by atoms with Crippen molar-refractivity contribution >= 4 is 0 Å². The molecule has 1 rings (SSSR count). The quantitative estimate of drug-likeness (QED) is 0.828. The summed E-state index contributed by atoms with van der Waals surface area (Å²) >= 11 is 0. The third kappa shape index (κ3) is 4.14. The average Bonchev–Trinajstić information content (AvgIpc) is 2.37. The van der Waals surface area contributed by atoms with Crippen LogP contribution in [-0.2, 0) is 6.54 Å². The van der Waals surface area contributed by atoms with Gasteiger partial charge in [-0.05, 0) is 38.1 Å². The molecular formula is C15H20FNO. The van der Waals surface area contributed by atoms with E-state index in [2.05, 4.69) is 30.6 Å². The second kappa shape index (κ2) is 7.15. The predicted octanol–water partition coefficient (Wildman–Crippen LogP) is 2.40. The van der Waals surface area contributed by atoms with Crippen molar-refractivity contribution in [1.29, 1.82) is 0 Å². The van der Waals surface area contributed by atoms with E-state index >= 15 is 0 Å². The van der Waals surface area contributed by atoms with E-state index in [1.54, 1.807) is 6.07 Å². The number of hydrogen-bond donors (Lipinski definition) is 1. The van der Waals surface area contributed by atoms with Gasteiger partial charge < -0.3 is 5.11 Å². The van der Waals surface area contributed by atoms with Crippen LogP contribution in [0.1, 0.15) is 31.4 Å². The Kier molecular flexibility index (Phi) is 5.84. The molecule has 0 radical (unpaired) electrons. The van der Waals surface area contributed by atoms with Crippen molar-refractivity contribution in [2.45, 2.75) is 32.9 Å². The molecule has 1 unspecified atom stereocenters. The topological polar surface area (TPSA) is 23.5 Å². The van der Waals surface area contributed by atoms with Gasteiger partial charge in [-0.1, -0.05) is 24.8 Å². The first-order valence-electron chi connectivity index (χ1n) is 6.16. The molecule has 3 heteroatoms. The number of nitrogens with zero attached hydrogens (tertiary/aromatic N) is 1. The molecule has 0 aliphatic heterocycles. The fourth-order valence-corrected chi connectivity index (χ4v) is 1.67. The first-order valence-corrected chi connectivity index (χ1v) is 6.16. The van der Waals surface area contributed by atoms with Gasteiger partial charge in [0.2, 0.25) is 0 Å². The number of rotatable bonds is 4. The molecule has 0 fully saturated rings. The van der Waals surface area contributed by atoms with Crippen LogP contribution in [-0.4, -0.2) is 29.7 Å². The van der Waals surface area contributed by atoms with E-state index in [0.717, 1.165) is 18.5 Å². The minimum Gasteiger partial charge on any atom is -0.384 e. The lowest BCUT2D eigenvalue weighted by Crippen LogP contribution is -2.28. The second-order valence-electron chi connectivity index (χ2n) is 4.43. The molecule has 0 amide bonds. The minimum absolute atomic E-state index is 0.211. The molecule has 1 atom stereocenters. The maximum absolute atomic E-state index is 13.2. The molecule has 1 aromatic rings. The van der Waals surface area contributed by atoms with Crippen LogP contribution in [0.4, 0.5) is 4.39 Å². The van der Waals surface area contributed by atoms with Crippen molar-refractivity contribution in [3.63, 3.8) is 0 Å². The van der Waals surface area contributed by atoms with Gasteiger partial charge in [0.25, 0.3) is 0 Å². The van der Waals surface area contributed by atoms with E-state index in [9.17, 15) is 4.39 Å². The maximum atomic E-state index is 13.2. The zero-order chi connectivity index (χ0) is 13.5. The average molecular weight is 249 g/mol. The van der Waals surface area contributed by atoms with Crippen LogP contribution in [0.15, 0.2) is 18.2 Å². The van der Waals surface area contributed by atoms with E-state index in [1.807, 2.05) is 7.05 Å². The van der Waals surface area contributed by atoms with Crippen molar-refractivity contribution in [3.8, 4) is 11.8 Å². The van der Waals surface area contributed by atoms with E-state index in [4.69, 9.17) is 5.11 Å². The molecular weight excluding hydrogens is 229 g/mol. The standard InChI is InChI=1S/C15H20FNO/c1-4-12(2)17(3)11-14-7-8-15(16)10-13(14)6-5-9-18/h7-8,10,12,18H,4,9,11H2,1-3H3. The van der Waals surface area contributed by atoms with Crippen molar-refractivity contribution in [2.24, 2.45) is 0 Å². The summed E-state index contributed by atoms with van der Waals surface area (Å²) in [5.74, 6) is 5.07. The van der Waals surface area contributed by atoms with Gasteiger partial charge in [0.1, 0.15) is 12.4 Å². The summed E-state index contributed by atoms with van der Waals surface area (Å²) in [5, 5.41) is 8.72. The Balaban J connectivity index is 2.94. The molecule has 0 saturated heterocycles. The Morgan fingerprint density at radius 3 is 2.78 bits per heavy atom. The Bertz CT molecular complexity index is 448. The Hall–Kier alpha value is -1.37. The van der Waals surface area contributed by atoms with Crippen LogP contribution in [0.2, 0.25) is 0 Å². The summed E-state index contributed by atoms with van der Waals surface area (Å²) < 4.78 is 13.2. The molecule has 1 N–H and O–H groups in total. The lowest BCUT2D eigenvalue weighted by atomic mass is 10.1. The number of aliphatic hydroxyl groups is 1. The van der Waals surface area contributed by atoms with Crippen LogP contribution < -0.4 is 0 Å². The summed E-state index contributed by atoms with van der Waals surface area (Å²) in [6, 6.07) is 5.09. The van der Waals surface area contributed by atoms with E-state index < -0.39 is 0 Å². The molecule has 0 aliphatic rings. The third-order valence-corrected chi connectivity index (χ3v) is 3.14. The first kappa shape index (κ1) is 14.7. The zero-order valence-electron chi connectivity index (χ0n) is 11.2. The molecule has 0 saturated carbocycles. The first-order chi connectivity index (χ1) is 8.58. The van der Waals surface area contributed by atoms with Gasteiger partial charge >= 0.3 is 0 Å². The van der Waals surface area contributed by atoms with Crippen LogP contribution in [0.5, 0.6) is 0 Å². The van der Waals surface area contributed by atoms with Crippen LogP contribution in [0.3, 0.4) is 0 Å². The van der Waals surface area contributed by atoms with Crippen molar-refractivity contribution in [2.75, 3.05) is 13.7 Å². The maximum Gasteiger partial charge on any atom is 0.124 e. The fourth-order valence-electron chi connectivity index (χ4n) is 1.67. The summed E-state index contributed by atoms with van der Waals surface area (Å²) in [4.78, 5) is 2.21. The highest BCUT2D eigenvalue weighted by Crippen LogP contribution is 2.14. The van der Waals surface area contributed by atoms with Crippen molar-refractivity contribution < 1.29 is 9.50 Å². The lowest BCUT2D eigenvalue weighted by molar-refractivity contribution is 0.243. The molecule has 0 aromatic heterocycles. The summed E-state index contributed by atoms with van der Waals surface area (Å²) in [5.41, 5.74) is 1.64. The largest absolute Gasteiger partial charge is 0.384 e. The molecule has 0 heterocycles. The van der Waals surface area contributed by atoms with Gasteiger partial charge in [0.15, 0.2) is 0 Å². The Morgan fingerprint density at radius 1 is 1.44 bits per heavy atom. The highest BCUT2D eigenvalue weighted by atomic mass is 19.1. The van der Waals surface area contributed by atoms with E-state index in [-0.39, 0.29) is 12.4 Å². The van der Waals surface area contributed by atoms with Crippen LogP contribution >= 0.6 is 0 Å². The van der Waals surface area contributed by atoms with Crippen molar-refractivity contribution in [3.05, 3.63) is 35.1 Å². The Morgan fingerprint density at radius 2 is 2.17 bits per heavy atom. The van der Waals surface area contributed by atoms with Crippen LogP contribution in [0.25, 0.3) is 0 Å². The number of halogens is 1. The summed E-state index contributed by atoms with van der Waals surface area (Å²) in [7, 11) is 2.04. The molecule has 18 heavy (non-hydrogen) atoms. The molecule has 0 aliphatic carbocycles. The fraction of sp³-hybridized carbons (Fsp3) is 0.467. The zero-order valence-corrected chi connectivity index (χ0v) is 11.2. The monoisotopic (exact) mass is 249 g/mol. The molecule has 98 valence electrons. The van der Waals surface area contributed by atoms with Crippen molar-refractivity contribution in [1.82, 2.24) is 4.90 Å². The van der Waals surface area contributed by atoms with Crippen LogP contribution in [0, 0.1) is 17.7 Å². The van der Waals surface area contributed by atoms with Gasteiger partial charge in [-0.2, -0.15) is 0 Å². The van der Waals surface area contributed by atoms with Gasteiger partial charge in [-0.25, -0.2) is 4.39 Å².